The number of rotatable bonds is 3. The van der Waals surface area contributed by atoms with Crippen molar-refractivity contribution in [1.29, 1.82) is 0 Å². The Kier molecular flexibility index (Phi) is 3.59. The normalized spacial score (nSPS) is 26.5. The van der Waals surface area contributed by atoms with Crippen LogP contribution in [0.15, 0.2) is 60.7 Å². The van der Waals surface area contributed by atoms with E-state index in [1.54, 1.807) is 0 Å². The summed E-state index contributed by atoms with van der Waals surface area (Å²) < 4.78 is 18.2. The first-order valence-electron chi connectivity index (χ1n) is 7.73. The highest BCUT2D eigenvalue weighted by atomic mass is 32.2. The summed E-state index contributed by atoms with van der Waals surface area (Å²) in [5.74, 6) is 1.73. The predicted octanol–water partition coefficient (Wildman–Crippen LogP) is 4.55. The van der Waals surface area contributed by atoms with Gasteiger partial charge in [-0.05, 0) is 43.0 Å². The molecule has 0 saturated carbocycles. The van der Waals surface area contributed by atoms with Crippen LogP contribution in [0.25, 0.3) is 5.57 Å². The van der Waals surface area contributed by atoms with E-state index in [-0.39, 0.29) is 5.25 Å². The van der Waals surface area contributed by atoms with Crippen molar-refractivity contribution >= 4 is 16.4 Å². The van der Waals surface area contributed by atoms with Crippen molar-refractivity contribution in [3.8, 4) is 11.5 Å². The van der Waals surface area contributed by atoms with Gasteiger partial charge in [0, 0.05) is 21.6 Å². The van der Waals surface area contributed by atoms with Gasteiger partial charge in [0.25, 0.3) is 0 Å². The minimum Gasteiger partial charge on any atom is -0.457 e. The number of benzene rings is 2. The molecule has 2 heterocycles. The van der Waals surface area contributed by atoms with E-state index in [9.17, 15) is 4.21 Å². The molecule has 22 heavy (non-hydrogen) atoms. The first kappa shape index (κ1) is 13.8. The average Bonchev–Trinajstić information content (AvgIpc) is 2.77. The summed E-state index contributed by atoms with van der Waals surface area (Å²) in [6.07, 6.45) is 5.26. The molecule has 0 spiro atoms. The molecule has 3 atom stereocenters. The Morgan fingerprint density at radius 2 is 1.73 bits per heavy atom. The fourth-order valence-electron chi connectivity index (χ4n) is 3.34. The summed E-state index contributed by atoms with van der Waals surface area (Å²) in [6.45, 7) is 0. The maximum Gasteiger partial charge on any atom is 0.134 e. The fourth-order valence-corrected chi connectivity index (χ4v) is 5.21. The number of hydrogen-bond acceptors (Lipinski definition) is 2. The van der Waals surface area contributed by atoms with Crippen LogP contribution in [0.2, 0.25) is 0 Å². The van der Waals surface area contributed by atoms with Gasteiger partial charge in [-0.15, -0.1) is 0 Å². The third-order valence-electron chi connectivity index (χ3n) is 4.44. The molecule has 2 bridgehead atoms. The van der Waals surface area contributed by atoms with Gasteiger partial charge in [0.05, 0.1) is 5.25 Å². The zero-order valence-corrected chi connectivity index (χ0v) is 13.1. The monoisotopic (exact) mass is 310 g/mol. The highest BCUT2D eigenvalue weighted by molar-refractivity contribution is 7.86. The second kappa shape index (κ2) is 5.73. The summed E-state index contributed by atoms with van der Waals surface area (Å²) in [4.78, 5) is 0. The summed E-state index contributed by atoms with van der Waals surface area (Å²) in [7, 11) is -0.675. The lowest BCUT2D eigenvalue weighted by Crippen LogP contribution is -2.19. The Morgan fingerprint density at radius 3 is 2.55 bits per heavy atom. The van der Waals surface area contributed by atoms with E-state index >= 15 is 0 Å². The second-order valence-corrected chi connectivity index (χ2v) is 7.80. The number of hydrogen-bond donors (Lipinski definition) is 0. The van der Waals surface area contributed by atoms with Crippen LogP contribution in [-0.4, -0.2) is 14.7 Å². The van der Waals surface area contributed by atoms with E-state index in [4.69, 9.17) is 4.74 Å². The highest BCUT2D eigenvalue weighted by Gasteiger charge is 2.36. The average molecular weight is 310 g/mol. The van der Waals surface area contributed by atoms with E-state index < -0.39 is 10.8 Å². The molecule has 2 nitrogen and oxygen atoms in total. The van der Waals surface area contributed by atoms with Crippen molar-refractivity contribution in [2.45, 2.75) is 29.8 Å². The summed E-state index contributed by atoms with van der Waals surface area (Å²) >= 11 is 0. The van der Waals surface area contributed by atoms with Crippen molar-refractivity contribution in [3.05, 3.63) is 66.2 Å². The Bertz CT molecular complexity index is 736. The van der Waals surface area contributed by atoms with Crippen LogP contribution in [0.3, 0.4) is 0 Å². The minimum absolute atomic E-state index is 0.235. The number of fused-ring (bicyclic) bond motifs is 2. The SMILES string of the molecule is O=S1C2C=C(c3ccccc3Oc3ccccc3)CC1CC2. The minimum atomic E-state index is -0.675. The molecule has 0 radical (unpaired) electrons. The van der Waals surface area contributed by atoms with E-state index in [2.05, 4.69) is 12.1 Å². The molecular weight excluding hydrogens is 292 g/mol. The Hall–Kier alpha value is -1.87. The van der Waals surface area contributed by atoms with Gasteiger partial charge in [-0.2, -0.15) is 0 Å². The molecule has 3 heteroatoms. The van der Waals surface area contributed by atoms with Crippen molar-refractivity contribution in [1.82, 2.24) is 0 Å². The summed E-state index contributed by atoms with van der Waals surface area (Å²) in [5.41, 5.74) is 2.43. The Labute approximate surface area is 133 Å². The van der Waals surface area contributed by atoms with Crippen LogP contribution in [0.1, 0.15) is 24.8 Å². The van der Waals surface area contributed by atoms with Gasteiger partial charge in [0.1, 0.15) is 11.5 Å². The lowest BCUT2D eigenvalue weighted by Gasteiger charge is -2.21. The van der Waals surface area contributed by atoms with Gasteiger partial charge in [-0.1, -0.05) is 42.5 Å². The standard InChI is InChI=1S/C19H18O2S/c20-22-16-10-11-17(22)13-14(12-16)18-8-4-5-9-19(18)21-15-6-2-1-3-7-15/h1-9,12,16-17H,10-11,13H2. The van der Waals surface area contributed by atoms with E-state index in [1.165, 1.54) is 5.57 Å². The van der Waals surface area contributed by atoms with Crippen LogP contribution in [0.4, 0.5) is 0 Å². The molecule has 1 fully saturated rings. The van der Waals surface area contributed by atoms with Crippen molar-refractivity contribution in [2.75, 3.05) is 0 Å². The molecule has 4 rings (SSSR count). The highest BCUT2D eigenvalue weighted by Crippen LogP contribution is 2.41. The third kappa shape index (κ3) is 2.50. The van der Waals surface area contributed by atoms with Gasteiger partial charge in [-0.3, -0.25) is 4.21 Å². The molecular formula is C19H18O2S. The van der Waals surface area contributed by atoms with E-state index in [0.717, 1.165) is 36.3 Å². The van der Waals surface area contributed by atoms with Crippen molar-refractivity contribution < 1.29 is 8.95 Å². The van der Waals surface area contributed by atoms with E-state index in [0.29, 0.717) is 5.25 Å². The largest absolute Gasteiger partial charge is 0.457 e. The molecule has 0 amide bonds. The Morgan fingerprint density at radius 1 is 0.955 bits per heavy atom. The lowest BCUT2D eigenvalue weighted by molar-refractivity contribution is 0.481. The third-order valence-corrected chi connectivity index (χ3v) is 6.47. The van der Waals surface area contributed by atoms with Crippen LogP contribution >= 0.6 is 0 Å². The van der Waals surface area contributed by atoms with Crippen LogP contribution in [0, 0.1) is 0 Å². The van der Waals surface area contributed by atoms with Gasteiger partial charge in [0.2, 0.25) is 0 Å². The maximum atomic E-state index is 12.2. The van der Waals surface area contributed by atoms with Crippen LogP contribution < -0.4 is 4.74 Å². The molecule has 2 aromatic carbocycles. The molecule has 3 unspecified atom stereocenters. The maximum absolute atomic E-state index is 12.2. The first-order chi connectivity index (χ1) is 10.8. The van der Waals surface area contributed by atoms with Crippen molar-refractivity contribution in [3.63, 3.8) is 0 Å². The summed E-state index contributed by atoms with van der Waals surface area (Å²) in [5, 5.41) is 0.563. The van der Waals surface area contributed by atoms with Crippen LogP contribution in [-0.2, 0) is 10.8 Å². The molecule has 2 aromatic rings. The van der Waals surface area contributed by atoms with E-state index in [1.807, 2.05) is 48.5 Å². The lowest BCUT2D eigenvalue weighted by atomic mass is 10.00. The molecule has 0 aliphatic carbocycles. The summed E-state index contributed by atoms with van der Waals surface area (Å²) in [6, 6.07) is 18.0. The molecule has 112 valence electrons. The van der Waals surface area contributed by atoms with Crippen LogP contribution in [0.5, 0.6) is 11.5 Å². The number of allylic oxidation sites excluding steroid dienone is 1. The predicted molar refractivity (Wildman–Crippen MR) is 90.5 cm³/mol. The quantitative estimate of drug-likeness (QED) is 0.831. The fraction of sp³-hybridized carbons (Fsp3) is 0.263. The number of ether oxygens (including phenoxy) is 1. The Balaban J connectivity index is 1.68. The van der Waals surface area contributed by atoms with Gasteiger partial charge < -0.3 is 4.74 Å². The molecule has 0 aromatic heterocycles. The molecule has 1 saturated heterocycles. The first-order valence-corrected chi connectivity index (χ1v) is 9.01. The number of para-hydroxylation sites is 2. The smallest absolute Gasteiger partial charge is 0.134 e. The van der Waals surface area contributed by atoms with Crippen molar-refractivity contribution in [2.24, 2.45) is 0 Å². The van der Waals surface area contributed by atoms with Gasteiger partial charge in [-0.25, -0.2) is 0 Å². The van der Waals surface area contributed by atoms with Gasteiger partial charge in [0.15, 0.2) is 0 Å². The molecule has 0 N–H and O–H groups in total. The second-order valence-electron chi connectivity index (χ2n) is 5.87. The van der Waals surface area contributed by atoms with Gasteiger partial charge >= 0.3 is 0 Å². The molecule has 2 aliphatic heterocycles. The topological polar surface area (TPSA) is 26.3 Å². The zero-order valence-electron chi connectivity index (χ0n) is 12.3. The molecule has 2 aliphatic rings. The zero-order chi connectivity index (χ0) is 14.9.